The van der Waals surface area contributed by atoms with E-state index >= 15 is 0 Å². The second kappa shape index (κ2) is 7.15. The molecule has 5 heteroatoms. The van der Waals surface area contributed by atoms with Gasteiger partial charge >= 0.3 is 0 Å². The molecule has 0 aliphatic carbocycles. The lowest BCUT2D eigenvalue weighted by Crippen LogP contribution is -2.19. The van der Waals surface area contributed by atoms with E-state index in [1.54, 1.807) is 11.8 Å². The zero-order valence-corrected chi connectivity index (χ0v) is 11.5. The first-order valence-corrected chi connectivity index (χ1v) is 6.85. The summed E-state index contributed by atoms with van der Waals surface area (Å²) in [6.45, 7) is 7.57. The number of hydrogen-bond acceptors (Lipinski definition) is 5. The Morgan fingerprint density at radius 2 is 2.27 bits per heavy atom. The van der Waals surface area contributed by atoms with E-state index in [0.717, 1.165) is 9.28 Å². The van der Waals surface area contributed by atoms with Crippen molar-refractivity contribution in [2.75, 3.05) is 5.75 Å². The monoisotopic (exact) mass is 260 g/mol. The number of nitrogens with zero attached hydrogens (tertiary/aromatic N) is 1. The van der Waals surface area contributed by atoms with E-state index in [0.29, 0.717) is 18.5 Å². The van der Waals surface area contributed by atoms with Gasteiger partial charge in [-0.25, -0.2) is 0 Å². The third kappa shape index (κ3) is 6.82. The van der Waals surface area contributed by atoms with Crippen LogP contribution in [0.2, 0.25) is 0 Å². The smallest absolute Gasteiger partial charge is 0.106 e. The van der Waals surface area contributed by atoms with Crippen molar-refractivity contribution < 1.29 is 0 Å². The lowest BCUT2D eigenvalue weighted by atomic mass is 10.1. The Balaban J connectivity index is 4.25. The molecule has 1 atom stereocenters. The fraction of sp³-hybridized carbons (Fsp3) is 0.600. The van der Waals surface area contributed by atoms with Crippen molar-refractivity contribution in [1.82, 2.24) is 0 Å². The van der Waals surface area contributed by atoms with Crippen LogP contribution < -0.4 is 5.73 Å². The maximum Gasteiger partial charge on any atom is 0.106 e. The quantitative estimate of drug-likeness (QED) is 0.769. The Kier molecular flexibility index (Phi) is 7.07. The zero-order chi connectivity index (χ0) is 11.9. The molecule has 0 aliphatic rings. The van der Waals surface area contributed by atoms with Gasteiger partial charge in [0.15, 0.2) is 0 Å². The van der Waals surface area contributed by atoms with Crippen LogP contribution in [0.5, 0.6) is 0 Å². The molecule has 0 fully saturated rings. The highest BCUT2D eigenvalue weighted by Crippen LogP contribution is 2.34. The van der Waals surface area contributed by atoms with E-state index in [2.05, 4.69) is 12.6 Å². The van der Waals surface area contributed by atoms with Gasteiger partial charge in [-0.1, -0.05) is 37.5 Å². The lowest BCUT2D eigenvalue weighted by Gasteiger charge is -2.20. The normalized spacial score (nSPS) is 13.9. The average Bonchev–Trinajstić information content (AvgIpc) is 2.15. The summed E-state index contributed by atoms with van der Waals surface area (Å²) in [4.78, 5) is 0. The highest BCUT2D eigenvalue weighted by Gasteiger charge is 2.26. The number of thiocarbonyl (C=S) groups is 1. The molecular weight excluding hydrogens is 244 g/mol. The molecule has 0 saturated heterocycles. The third-order valence-corrected chi connectivity index (χ3v) is 4.37. The van der Waals surface area contributed by atoms with Crippen LogP contribution in [-0.2, 0) is 0 Å². The first kappa shape index (κ1) is 14.8. The average molecular weight is 260 g/mol. The summed E-state index contributed by atoms with van der Waals surface area (Å²) >= 11 is 8.22. The van der Waals surface area contributed by atoms with Crippen molar-refractivity contribution in [3.05, 3.63) is 12.3 Å². The van der Waals surface area contributed by atoms with Crippen molar-refractivity contribution in [2.24, 2.45) is 5.73 Å². The fourth-order valence-corrected chi connectivity index (χ4v) is 3.76. The van der Waals surface area contributed by atoms with Crippen LogP contribution >= 0.6 is 35.7 Å². The Bertz CT molecular complexity index is 283. The number of hydrogen-bond donors (Lipinski definition) is 1. The van der Waals surface area contributed by atoms with E-state index in [1.807, 2.05) is 13.8 Å². The van der Waals surface area contributed by atoms with Crippen molar-refractivity contribution in [3.63, 3.8) is 0 Å². The molecule has 15 heavy (non-hydrogen) atoms. The molecule has 0 heterocycles. The summed E-state index contributed by atoms with van der Waals surface area (Å²) < 4.78 is 0.339. The third-order valence-electron chi connectivity index (χ3n) is 1.73. The molecule has 0 amide bonds. The van der Waals surface area contributed by atoms with Gasteiger partial charge in [0.05, 0.1) is 6.07 Å². The molecule has 0 radical (unpaired) electrons. The van der Waals surface area contributed by atoms with Gasteiger partial charge in [-0.3, -0.25) is 0 Å². The van der Waals surface area contributed by atoms with E-state index in [-0.39, 0.29) is 0 Å². The molecule has 1 unspecified atom stereocenters. The van der Waals surface area contributed by atoms with Gasteiger partial charge in [0, 0.05) is 5.70 Å². The van der Waals surface area contributed by atoms with Crippen LogP contribution in [-0.4, -0.2) is 14.0 Å². The van der Waals surface area contributed by atoms with E-state index in [9.17, 15) is 0 Å². The predicted molar refractivity (Wildman–Crippen MR) is 74.9 cm³/mol. The summed E-state index contributed by atoms with van der Waals surface area (Å²) in [6, 6.07) is 2.29. The van der Waals surface area contributed by atoms with Crippen LogP contribution in [0.1, 0.15) is 26.7 Å². The number of rotatable bonds is 5. The molecule has 0 aromatic heterocycles. The van der Waals surface area contributed by atoms with E-state index < -0.39 is 4.75 Å². The second-order valence-electron chi connectivity index (χ2n) is 3.29. The molecule has 0 aliphatic heterocycles. The molecule has 0 aromatic rings. The zero-order valence-electron chi connectivity index (χ0n) is 9.08. The van der Waals surface area contributed by atoms with Crippen molar-refractivity contribution in [1.29, 1.82) is 5.26 Å². The van der Waals surface area contributed by atoms with Crippen molar-refractivity contribution in [3.8, 4) is 6.07 Å². The summed E-state index contributed by atoms with van der Waals surface area (Å²) in [7, 11) is 0. The van der Waals surface area contributed by atoms with Gasteiger partial charge < -0.3 is 5.73 Å². The Labute approximate surface area is 106 Å². The Morgan fingerprint density at radius 1 is 1.67 bits per heavy atom. The summed E-state index contributed by atoms with van der Waals surface area (Å²) in [5.74, 6) is 0.941. The van der Waals surface area contributed by atoms with Gasteiger partial charge in [-0.05, 0) is 25.5 Å². The van der Waals surface area contributed by atoms with Gasteiger partial charge in [0.2, 0.25) is 0 Å². The molecular formula is C10H16N2S3. The highest BCUT2D eigenvalue weighted by molar-refractivity contribution is 8.47. The SMILES string of the molecule is C=C(N)CCC(C)(C#N)SC(=S)SCC. The predicted octanol–water partition coefficient (Wildman–Crippen LogP) is 3.29. The minimum absolute atomic E-state index is 0.485. The Hall–Kier alpha value is -0.180. The Morgan fingerprint density at radius 3 is 2.67 bits per heavy atom. The molecule has 0 bridgehead atoms. The number of nitrogens with two attached hydrogens (primary N) is 1. The first-order chi connectivity index (χ1) is 6.93. The number of allylic oxidation sites excluding steroid dienone is 1. The van der Waals surface area contributed by atoms with Crippen molar-refractivity contribution in [2.45, 2.75) is 31.4 Å². The van der Waals surface area contributed by atoms with Crippen LogP contribution in [0.4, 0.5) is 0 Å². The molecule has 2 nitrogen and oxygen atoms in total. The number of thioether (sulfide) groups is 2. The molecule has 0 spiro atoms. The minimum Gasteiger partial charge on any atom is -0.403 e. The summed E-state index contributed by atoms with van der Waals surface area (Å²) in [5.41, 5.74) is 6.11. The molecule has 2 N–H and O–H groups in total. The molecule has 0 aromatic carbocycles. The van der Waals surface area contributed by atoms with Crippen LogP contribution in [0, 0.1) is 11.3 Å². The van der Waals surface area contributed by atoms with Crippen molar-refractivity contribution >= 4 is 39.3 Å². The standard InChI is InChI=1S/C10H16N2S3/c1-4-14-9(13)15-10(3,7-11)6-5-8(2)12/h2,4-6,12H2,1,3H3. The number of nitriles is 1. The summed E-state index contributed by atoms with van der Waals surface area (Å²) in [6.07, 6.45) is 1.35. The maximum atomic E-state index is 9.11. The van der Waals surface area contributed by atoms with Crippen LogP contribution in [0.3, 0.4) is 0 Å². The maximum absolute atomic E-state index is 9.11. The lowest BCUT2D eigenvalue weighted by molar-refractivity contribution is 0.704. The van der Waals surface area contributed by atoms with E-state index in [1.165, 1.54) is 11.8 Å². The highest BCUT2D eigenvalue weighted by atomic mass is 32.2. The molecule has 0 saturated carbocycles. The largest absolute Gasteiger partial charge is 0.403 e. The van der Waals surface area contributed by atoms with E-state index in [4.69, 9.17) is 23.2 Å². The van der Waals surface area contributed by atoms with Gasteiger partial charge in [-0.15, -0.1) is 11.8 Å². The summed E-state index contributed by atoms with van der Waals surface area (Å²) in [5, 5.41) is 9.11. The second-order valence-corrected chi connectivity index (χ2v) is 7.26. The van der Waals surface area contributed by atoms with Gasteiger partial charge in [0.1, 0.15) is 8.28 Å². The fourth-order valence-electron chi connectivity index (χ4n) is 0.860. The van der Waals surface area contributed by atoms with Crippen LogP contribution in [0.25, 0.3) is 0 Å². The minimum atomic E-state index is -0.485. The van der Waals surface area contributed by atoms with Crippen LogP contribution in [0.15, 0.2) is 12.3 Å². The van der Waals surface area contributed by atoms with Gasteiger partial charge in [-0.2, -0.15) is 5.26 Å². The molecule has 84 valence electrons. The first-order valence-electron chi connectivity index (χ1n) is 4.64. The van der Waals surface area contributed by atoms with Gasteiger partial charge in [0.25, 0.3) is 0 Å². The molecule has 0 rings (SSSR count). The topological polar surface area (TPSA) is 49.8 Å².